The summed E-state index contributed by atoms with van der Waals surface area (Å²) in [4.78, 5) is 8.96. The van der Waals surface area contributed by atoms with Crippen LogP contribution in [0.2, 0.25) is 0 Å². The number of fused-ring (bicyclic) bond motifs is 1. The number of guanidine groups is 1. The minimum absolute atomic E-state index is 0. The van der Waals surface area contributed by atoms with Crippen molar-refractivity contribution in [1.82, 2.24) is 14.9 Å². The van der Waals surface area contributed by atoms with E-state index in [4.69, 9.17) is 15.2 Å². The van der Waals surface area contributed by atoms with E-state index in [-0.39, 0.29) is 24.0 Å². The molecule has 3 aromatic rings. The summed E-state index contributed by atoms with van der Waals surface area (Å²) >= 11 is 0. The van der Waals surface area contributed by atoms with E-state index < -0.39 is 0 Å². The van der Waals surface area contributed by atoms with Gasteiger partial charge < -0.3 is 25.1 Å². The number of nitrogens with zero attached hydrogens (tertiary/aromatic N) is 3. The summed E-state index contributed by atoms with van der Waals surface area (Å²) in [5.41, 5.74) is 9.12. The van der Waals surface area contributed by atoms with Gasteiger partial charge in [0.2, 0.25) is 0 Å². The molecule has 150 valence electrons. The molecule has 0 aliphatic rings. The predicted molar refractivity (Wildman–Crippen MR) is 123 cm³/mol. The van der Waals surface area contributed by atoms with Crippen molar-refractivity contribution in [2.75, 3.05) is 20.8 Å². The first-order valence-electron chi connectivity index (χ1n) is 8.79. The van der Waals surface area contributed by atoms with Crippen molar-refractivity contribution in [1.29, 1.82) is 0 Å². The van der Waals surface area contributed by atoms with Gasteiger partial charge in [0.15, 0.2) is 17.5 Å². The molecule has 8 heteroatoms. The fourth-order valence-electron chi connectivity index (χ4n) is 2.99. The highest BCUT2D eigenvalue weighted by molar-refractivity contribution is 14.0. The van der Waals surface area contributed by atoms with Crippen LogP contribution >= 0.6 is 24.0 Å². The summed E-state index contributed by atoms with van der Waals surface area (Å²) < 4.78 is 12.7. The van der Waals surface area contributed by atoms with Gasteiger partial charge in [0.05, 0.1) is 31.8 Å². The molecule has 0 saturated heterocycles. The smallest absolute Gasteiger partial charge is 0.188 e. The first kappa shape index (κ1) is 21.8. The van der Waals surface area contributed by atoms with Crippen LogP contribution in [0.4, 0.5) is 0 Å². The molecule has 0 unspecified atom stereocenters. The van der Waals surface area contributed by atoms with Gasteiger partial charge in [-0.25, -0.2) is 9.98 Å². The lowest BCUT2D eigenvalue weighted by Gasteiger charge is -2.10. The van der Waals surface area contributed by atoms with Crippen molar-refractivity contribution in [2.24, 2.45) is 10.7 Å². The summed E-state index contributed by atoms with van der Waals surface area (Å²) in [6.45, 7) is 3.90. The molecule has 2 aromatic carbocycles. The molecule has 3 rings (SSSR count). The summed E-state index contributed by atoms with van der Waals surface area (Å²) in [5, 5.41) is 3.16. The monoisotopic (exact) mass is 495 g/mol. The Balaban J connectivity index is 0.00000280. The number of halogens is 1. The first-order valence-corrected chi connectivity index (χ1v) is 8.79. The molecular weight excluding hydrogens is 469 g/mol. The number of hydrogen-bond acceptors (Lipinski definition) is 4. The molecule has 0 fully saturated rings. The summed E-state index contributed by atoms with van der Waals surface area (Å²) in [6.07, 6.45) is 0. The van der Waals surface area contributed by atoms with Gasteiger partial charge in [-0.15, -0.1) is 24.0 Å². The molecule has 0 amide bonds. The Labute approximate surface area is 182 Å². The Morgan fingerprint density at radius 2 is 1.89 bits per heavy atom. The van der Waals surface area contributed by atoms with Crippen LogP contribution in [0.15, 0.2) is 47.5 Å². The van der Waals surface area contributed by atoms with Crippen molar-refractivity contribution in [3.05, 3.63) is 53.9 Å². The van der Waals surface area contributed by atoms with E-state index in [9.17, 15) is 0 Å². The Hall–Kier alpha value is -2.49. The molecule has 1 aromatic heterocycles. The normalized spacial score (nSPS) is 11.2. The number of rotatable bonds is 7. The van der Waals surface area contributed by atoms with Crippen LogP contribution < -0.4 is 20.5 Å². The number of aliphatic imine (C=N–C) groups is 1. The first-order chi connectivity index (χ1) is 13.1. The molecule has 0 aliphatic carbocycles. The number of hydrogen-bond donors (Lipinski definition) is 2. The number of imidazole rings is 1. The molecule has 0 radical (unpaired) electrons. The topological polar surface area (TPSA) is 86.7 Å². The standard InChI is InChI=1S/C20H25N5O2.HI/c1-14-24-16-6-4-5-7-17(16)25(14)11-10-22-20(21)23-13-15-8-9-18(26-2)19(12-15)27-3;/h4-9,12H,10-11,13H2,1-3H3,(H3,21,22,23);1H. The highest BCUT2D eigenvalue weighted by Gasteiger charge is 2.06. The zero-order valence-electron chi connectivity index (χ0n) is 16.3. The number of methoxy groups -OCH3 is 2. The Kier molecular flexibility index (Phi) is 7.91. The van der Waals surface area contributed by atoms with Gasteiger partial charge in [0, 0.05) is 13.1 Å². The second-order valence-electron chi connectivity index (χ2n) is 6.12. The summed E-state index contributed by atoms with van der Waals surface area (Å²) in [5.74, 6) is 2.77. The van der Waals surface area contributed by atoms with Crippen LogP contribution in [0.1, 0.15) is 11.4 Å². The molecule has 0 atom stereocenters. The quantitative estimate of drug-likeness (QED) is 0.299. The van der Waals surface area contributed by atoms with E-state index in [1.165, 1.54) is 0 Å². The van der Waals surface area contributed by atoms with Crippen molar-refractivity contribution >= 4 is 41.0 Å². The maximum Gasteiger partial charge on any atom is 0.188 e. The van der Waals surface area contributed by atoms with Gasteiger partial charge in [-0.3, -0.25) is 0 Å². The van der Waals surface area contributed by atoms with Crippen molar-refractivity contribution < 1.29 is 9.47 Å². The number of aryl methyl sites for hydroxylation is 1. The van der Waals surface area contributed by atoms with Crippen LogP contribution in [0.5, 0.6) is 11.5 Å². The van der Waals surface area contributed by atoms with E-state index in [2.05, 4.69) is 25.9 Å². The fourth-order valence-corrected chi connectivity index (χ4v) is 2.99. The number of nitrogens with one attached hydrogen (secondary N) is 1. The van der Waals surface area contributed by atoms with Crippen LogP contribution in [-0.2, 0) is 13.1 Å². The molecule has 1 heterocycles. The van der Waals surface area contributed by atoms with Gasteiger partial charge >= 0.3 is 0 Å². The number of aromatic nitrogens is 2. The molecule has 0 bridgehead atoms. The number of para-hydroxylation sites is 2. The number of nitrogens with two attached hydrogens (primary N) is 1. The highest BCUT2D eigenvalue weighted by atomic mass is 127. The van der Waals surface area contributed by atoms with Gasteiger partial charge in [-0.05, 0) is 36.8 Å². The molecule has 0 aliphatic heterocycles. The van der Waals surface area contributed by atoms with Crippen LogP contribution in [0.25, 0.3) is 11.0 Å². The van der Waals surface area contributed by atoms with Crippen molar-refractivity contribution in [2.45, 2.75) is 20.0 Å². The van der Waals surface area contributed by atoms with E-state index >= 15 is 0 Å². The van der Waals surface area contributed by atoms with Crippen molar-refractivity contribution in [3.63, 3.8) is 0 Å². The van der Waals surface area contributed by atoms with Gasteiger partial charge in [0.1, 0.15) is 5.82 Å². The Morgan fingerprint density at radius 3 is 2.64 bits per heavy atom. The maximum absolute atomic E-state index is 6.00. The minimum atomic E-state index is 0. The molecule has 3 N–H and O–H groups in total. The Morgan fingerprint density at radius 1 is 1.14 bits per heavy atom. The molecule has 0 saturated carbocycles. The molecule has 28 heavy (non-hydrogen) atoms. The third kappa shape index (κ3) is 5.06. The lowest BCUT2D eigenvalue weighted by atomic mass is 10.2. The highest BCUT2D eigenvalue weighted by Crippen LogP contribution is 2.27. The van der Waals surface area contributed by atoms with E-state index in [0.717, 1.165) is 29.0 Å². The van der Waals surface area contributed by atoms with Gasteiger partial charge in [-0.1, -0.05) is 18.2 Å². The van der Waals surface area contributed by atoms with Gasteiger partial charge in [0.25, 0.3) is 0 Å². The van der Waals surface area contributed by atoms with Crippen LogP contribution in [-0.4, -0.2) is 36.3 Å². The molecule has 0 spiro atoms. The third-order valence-corrected chi connectivity index (χ3v) is 4.37. The van der Waals surface area contributed by atoms with E-state index in [1.54, 1.807) is 14.2 Å². The average molecular weight is 495 g/mol. The Bertz CT molecular complexity index is 955. The van der Waals surface area contributed by atoms with Crippen LogP contribution in [0.3, 0.4) is 0 Å². The van der Waals surface area contributed by atoms with Crippen molar-refractivity contribution in [3.8, 4) is 11.5 Å². The number of benzene rings is 2. The summed E-state index contributed by atoms with van der Waals surface area (Å²) in [7, 11) is 3.23. The third-order valence-electron chi connectivity index (χ3n) is 4.37. The minimum Gasteiger partial charge on any atom is -0.493 e. The number of ether oxygens (including phenoxy) is 2. The second kappa shape index (κ2) is 10.2. The SMILES string of the molecule is COc1ccc(CN=C(N)NCCn2c(C)nc3ccccc32)cc1OC.I. The zero-order valence-corrected chi connectivity index (χ0v) is 18.6. The maximum atomic E-state index is 6.00. The lowest BCUT2D eigenvalue weighted by Crippen LogP contribution is -2.34. The van der Waals surface area contributed by atoms with E-state index in [1.807, 2.05) is 43.3 Å². The fraction of sp³-hybridized carbons (Fsp3) is 0.300. The average Bonchev–Trinajstić information content (AvgIpc) is 3.01. The zero-order chi connectivity index (χ0) is 19.2. The largest absolute Gasteiger partial charge is 0.493 e. The summed E-state index contributed by atoms with van der Waals surface area (Å²) in [6, 6.07) is 13.8. The predicted octanol–water partition coefficient (Wildman–Crippen LogP) is 3.08. The van der Waals surface area contributed by atoms with Crippen LogP contribution in [0, 0.1) is 6.92 Å². The lowest BCUT2D eigenvalue weighted by molar-refractivity contribution is 0.354. The molecular formula is C20H26IN5O2. The second-order valence-corrected chi connectivity index (χ2v) is 6.12. The molecule has 7 nitrogen and oxygen atoms in total. The van der Waals surface area contributed by atoms with Gasteiger partial charge in [-0.2, -0.15) is 0 Å². The van der Waals surface area contributed by atoms with E-state index in [0.29, 0.717) is 30.5 Å².